The minimum Gasteiger partial charge on any atom is -0.370 e. The topological polar surface area (TPSA) is 257 Å². The van der Waals surface area contributed by atoms with Crippen molar-refractivity contribution in [2.45, 2.75) is 63.3 Å². The largest absolute Gasteiger partial charge is 0.416 e. The molecule has 14 N–H and O–H groups in total. The molecule has 3 aromatic rings. The number of hydrogen-bond acceptors (Lipinski definition) is 12. The first-order valence-electron chi connectivity index (χ1n) is 21.6. The molecule has 0 radical (unpaired) electrons. The second-order valence-corrected chi connectivity index (χ2v) is 15.8. The number of aliphatic imine (C=N–C) groups is 1. The van der Waals surface area contributed by atoms with Gasteiger partial charge in [-0.15, -0.1) is 0 Å². The number of nitrogens with one attached hydrogen (secondary N) is 8. The quantitative estimate of drug-likeness (QED) is 0.0253. The third kappa shape index (κ3) is 14.1. The molecule has 4 amide bonds. The molecule has 0 saturated carbocycles. The van der Waals surface area contributed by atoms with Gasteiger partial charge in [0.25, 0.3) is 0 Å². The highest BCUT2D eigenvalue weighted by Gasteiger charge is 2.41. The molecule has 0 aliphatic carbocycles. The van der Waals surface area contributed by atoms with Gasteiger partial charge in [0.1, 0.15) is 0 Å². The molecule has 3 heterocycles. The van der Waals surface area contributed by atoms with Crippen molar-refractivity contribution in [3.63, 3.8) is 0 Å². The fraction of sp³-hybridized carbons (Fsp3) is 0.476. The van der Waals surface area contributed by atoms with Crippen LogP contribution in [0, 0.1) is 0 Å². The molecule has 3 aromatic carbocycles. The number of halogens is 6. The van der Waals surface area contributed by atoms with E-state index in [0.717, 1.165) is 24.3 Å². The summed E-state index contributed by atoms with van der Waals surface area (Å²) >= 11 is 0. The van der Waals surface area contributed by atoms with Gasteiger partial charge in [0.05, 0.1) is 45.3 Å². The number of piperazine rings is 2. The second-order valence-electron chi connectivity index (χ2n) is 15.8. The van der Waals surface area contributed by atoms with Crippen molar-refractivity contribution in [3.05, 3.63) is 59.7 Å². The highest BCUT2D eigenvalue weighted by Crippen LogP contribution is 2.44. The summed E-state index contributed by atoms with van der Waals surface area (Å²) in [6.07, 6.45) is -9.02. The molecular formula is C42H56F6N14O4. The number of benzene rings is 3. The summed E-state index contributed by atoms with van der Waals surface area (Å²) in [6, 6.07) is 9.03. The van der Waals surface area contributed by atoms with Gasteiger partial charge in [0.15, 0.2) is 18.4 Å². The molecule has 66 heavy (non-hydrogen) atoms. The van der Waals surface area contributed by atoms with Crippen molar-refractivity contribution in [3.8, 4) is 0 Å². The Morgan fingerprint density at radius 1 is 0.636 bits per heavy atom. The molecule has 6 rings (SSSR count). The monoisotopic (exact) mass is 934 g/mol. The number of epoxide rings is 1. The third-order valence-corrected chi connectivity index (χ3v) is 10.7. The number of amides is 4. The van der Waals surface area contributed by atoms with E-state index in [1.807, 2.05) is 4.90 Å². The van der Waals surface area contributed by atoms with Crippen LogP contribution in [0.3, 0.4) is 0 Å². The summed E-state index contributed by atoms with van der Waals surface area (Å²) in [6.45, 7) is 4.55. The number of nitrogens with two attached hydrogens (primary N) is 3. The molecule has 360 valence electrons. The minimum atomic E-state index is -4.80. The van der Waals surface area contributed by atoms with Gasteiger partial charge in [-0.05, 0) is 80.8 Å². The molecule has 0 spiro atoms. The number of nitrogens with zero attached hydrogens (tertiary/aromatic N) is 3. The number of hydrogen-bond donors (Lipinski definition) is 11. The average Bonchev–Trinajstić information content (AvgIpc) is 4.00. The zero-order chi connectivity index (χ0) is 47.4. The molecule has 3 fully saturated rings. The van der Waals surface area contributed by atoms with Crippen molar-refractivity contribution in [1.29, 1.82) is 0 Å². The zero-order valence-electron chi connectivity index (χ0n) is 36.1. The van der Waals surface area contributed by atoms with Gasteiger partial charge in [0.2, 0.25) is 11.8 Å². The molecular weight excluding hydrogens is 879 g/mol. The van der Waals surface area contributed by atoms with E-state index < -0.39 is 53.8 Å². The Bertz CT molecular complexity index is 2180. The Morgan fingerprint density at radius 3 is 1.59 bits per heavy atom. The van der Waals surface area contributed by atoms with E-state index in [1.54, 1.807) is 17.0 Å². The molecule has 3 aliphatic heterocycles. The van der Waals surface area contributed by atoms with Crippen LogP contribution in [-0.2, 0) is 26.7 Å². The predicted octanol–water partition coefficient (Wildman–Crippen LogP) is 4.84. The van der Waals surface area contributed by atoms with E-state index in [0.29, 0.717) is 103 Å². The number of urea groups is 1. The molecule has 18 nitrogen and oxygen atoms in total. The van der Waals surface area contributed by atoms with Crippen molar-refractivity contribution >= 4 is 69.3 Å². The number of alkyl halides is 6. The normalized spacial score (nSPS) is 17.4. The van der Waals surface area contributed by atoms with Gasteiger partial charge in [-0.1, -0.05) is 0 Å². The fourth-order valence-corrected chi connectivity index (χ4v) is 7.50. The van der Waals surface area contributed by atoms with E-state index in [1.165, 1.54) is 12.1 Å². The lowest BCUT2D eigenvalue weighted by Crippen LogP contribution is -2.44. The first-order valence-corrected chi connectivity index (χ1v) is 21.6. The first-order chi connectivity index (χ1) is 31.5. The minimum absolute atomic E-state index is 0.00456. The lowest BCUT2D eigenvalue weighted by Gasteiger charge is -2.33. The molecule has 2 atom stereocenters. The van der Waals surface area contributed by atoms with Gasteiger partial charge in [-0.3, -0.25) is 14.6 Å². The number of carbonyl (C=O) groups excluding carboxylic acids is 3. The van der Waals surface area contributed by atoms with Gasteiger partial charge in [-0.25, -0.2) is 4.79 Å². The van der Waals surface area contributed by atoms with Gasteiger partial charge < -0.3 is 74.3 Å². The Labute approximate surface area is 377 Å². The maximum Gasteiger partial charge on any atom is 0.416 e. The Morgan fingerprint density at radius 2 is 1.09 bits per heavy atom. The number of guanidine groups is 1. The average molecular weight is 935 g/mol. The summed E-state index contributed by atoms with van der Waals surface area (Å²) in [5, 5.41) is 23.1. The van der Waals surface area contributed by atoms with Crippen LogP contribution in [-0.4, -0.2) is 102 Å². The van der Waals surface area contributed by atoms with Crippen molar-refractivity contribution < 1.29 is 45.5 Å². The Balaban J connectivity index is 1.13. The van der Waals surface area contributed by atoms with E-state index in [2.05, 4.69) is 47.5 Å². The summed E-state index contributed by atoms with van der Waals surface area (Å²) in [5.41, 5.74) is 15.5. The zero-order valence-corrected chi connectivity index (χ0v) is 36.1. The maximum atomic E-state index is 14.3. The van der Waals surface area contributed by atoms with Gasteiger partial charge in [0, 0.05) is 83.1 Å². The van der Waals surface area contributed by atoms with Crippen molar-refractivity contribution in [1.82, 2.24) is 10.6 Å². The number of carbonyl (C=O) groups is 3. The number of anilines is 8. The SMILES string of the molecule is NCCCCC(=O)Nc1cc(C(F)(F)F)cc(NC(=O)Nc2ccc(N[C@@H]3OC3Nc3cc(C(F)(F)F)cc(NC(=O)CCCCN=C(N)N)c3N3CCNCC3)cc2)c1N1CCNCC1. The van der Waals surface area contributed by atoms with Crippen molar-refractivity contribution in [2.75, 3.05) is 107 Å². The van der Waals surface area contributed by atoms with Crippen LogP contribution in [0.4, 0.5) is 76.6 Å². The van der Waals surface area contributed by atoms with Crippen molar-refractivity contribution in [2.24, 2.45) is 22.2 Å². The number of rotatable bonds is 19. The van der Waals surface area contributed by atoms with Crippen LogP contribution < -0.4 is 69.5 Å². The van der Waals surface area contributed by atoms with Crippen LogP contribution in [0.2, 0.25) is 0 Å². The van der Waals surface area contributed by atoms with Gasteiger partial charge >= 0.3 is 18.4 Å². The molecule has 3 aliphatic rings. The molecule has 24 heteroatoms. The van der Waals surface area contributed by atoms with Gasteiger partial charge in [-0.2, -0.15) is 26.3 Å². The molecule has 0 aromatic heterocycles. The maximum absolute atomic E-state index is 14.3. The molecule has 0 bridgehead atoms. The highest BCUT2D eigenvalue weighted by atomic mass is 19.4. The van der Waals surface area contributed by atoms with Crippen LogP contribution in [0.5, 0.6) is 0 Å². The lowest BCUT2D eigenvalue weighted by molar-refractivity contribution is -0.138. The summed E-state index contributed by atoms with van der Waals surface area (Å²) in [4.78, 5) is 46.8. The lowest BCUT2D eigenvalue weighted by atomic mass is 10.1. The summed E-state index contributed by atoms with van der Waals surface area (Å²) < 4.78 is 91.1. The highest BCUT2D eigenvalue weighted by molar-refractivity contribution is 6.05. The third-order valence-electron chi connectivity index (χ3n) is 10.7. The number of unbranched alkanes of at least 4 members (excludes halogenated alkanes) is 2. The fourth-order valence-electron chi connectivity index (χ4n) is 7.50. The van der Waals surface area contributed by atoms with Crippen LogP contribution in [0.1, 0.15) is 49.7 Å². The van der Waals surface area contributed by atoms with E-state index in [9.17, 15) is 40.7 Å². The van der Waals surface area contributed by atoms with E-state index in [-0.39, 0.29) is 52.9 Å². The van der Waals surface area contributed by atoms with E-state index in [4.69, 9.17) is 21.9 Å². The van der Waals surface area contributed by atoms with Crippen LogP contribution >= 0.6 is 0 Å². The molecule has 3 saturated heterocycles. The standard InChI is InChI=1S/C42H56F6N14O4/c43-41(44,45)25-21-29(57-34(64)6-2-4-12-54-39(50)51)35(61-17-13-52-14-18-61)31(23-25)59-38-37(66-38)55-27-7-9-28(10-8-27)56-40(65)60-32-24-26(42(46,47)48)22-30(58-33(63)5-1-3-11-49)36(32)62-19-15-53-16-20-62/h7-10,21-24,37-38,52-53,55,59H,1-6,11-20,49H2,(H,57,64)(H,58,63)(H4,50,51,54)(H2,56,60,65)/t37-,38?/m1/s1. The smallest absolute Gasteiger partial charge is 0.370 e. The Hall–Kier alpha value is -6.24. The summed E-state index contributed by atoms with van der Waals surface area (Å²) in [7, 11) is 0. The van der Waals surface area contributed by atoms with Crippen LogP contribution in [0.15, 0.2) is 53.5 Å². The van der Waals surface area contributed by atoms with E-state index >= 15 is 0 Å². The first kappa shape index (κ1) is 49.2. The molecule has 1 unspecified atom stereocenters. The van der Waals surface area contributed by atoms with Crippen LogP contribution in [0.25, 0.3) is 0 Å². The predicted molar refractivity (Wildman–Crippen MR) is 243 cm³/mol. The summed E-state index contributed by atoms with van der Waals surface area (Å²) in [5.74, 6) is -1.04. The number of ether oxygens (including phenoxy) is 1. The second kappa shape index (κ2) is 22.3. The Kier molecular flexibility index (Phi) is 16.6.